The number of ether oxygens (including phenoxy) is 2. The number of sulfonamides is 2. The standard InChI is InChI=1S/C20H27N3O6S2/c1-4-21-17-9-7-16(31(26,27)23(5-2)6-3)13-18(17)22-30(24,25)15-8-10-19-20(14-15)29-12-11-28-19/h7-10,13-14,21-22H,4-6,11-12H2,1-3H3. The third-order valence-corrected chi connectivity index (χ3v) is 8.18. The number of nitrogens with zero attached hydrogens (tertiary/aromatic N) is 1. The zero-order valence-corrected chi connectivity index (χ0v) is 19.3. The molecule has 2 N–H and O–H groups in total. The minimum atomic E-state index is -4.02. The maximum Gasteiger partial charge on any atom is 0.262 e. The van der Waals surface area contributed by atoms with Crippen molar-refractivity contribution in [1.82, 2.24) is 4.31 Å². The molecule has 0 radical (unpaired) electrons. The minimum absolute atomic E-state index is 0.0118. The van der Waals surface area contributed by atoms with Gasteiger partial charge in [0.15, 0.2) is 11.5 Å². The molecule has 0 saturated carbocycles. The molecule has 0 unspecified atom stereocenters. The smallest absolute Gasteiger partial charge is 0.262 e. The molecule has 0 amide bonds. The average Bonchev–Trinajstić information content (AvgIpc) is 2.75. The van der Waals surface area contributed by atoms with E-state index in [0.717, 1.165) is 0 Å². The van der Waals surface area contributed by atoms with Crippen molar-refractivity contribution in [3.63, 3.8) is 0 Å². The maximum absolute atomic E-state index is 13.1. The number of anilines is 2. The molecule has 1 heterocycles. The van der Waals surface area contributed by atoms with Gasteiger partial charge in [-0.05, 0) is 37.3 Å². The van der Waals surface area contributed by atoms with Crippen LogP contribution in [-0.2, 0) is 20.0 Å². The Morgan fingerprint density at radius 3 is 2.13 bits per heavy atom. The summed E-state index contributed by atoms with van der Waals surface area (Å²) in [5.74, 6) is 0.824. The molecule has 0 saturated heterocycles. The molecule has 0 spiro atoms. The van der Waals surface area contributed by atoms with Crippen LogP contribution in [0.3, 0.4) is 0 Å². The average molecular weight is 470 g/mol. The lowest BCUT2D eigenvalue weighted by Gasteiger charge is -2.21. The first-order valence-electron chi connectivity index (χ1n) is 10.0. The quantitative estimate of drug-likeness (QED) is 0.580. The molecule has 0 aromatic heterocycles. The lowest BCUT2D eigenvalue weighted by molar-refractivity contribution is 0.171. The molecular weight excluding hydrogens is 442 g/mol. The summed E-state index contributed by atoms with van der Waals surface area (Å²) in [7, 11) is -7.77. The van der Waals surface area contributed by atoms with Crippen molar-refractivity contribution < 1.29 is 26.3 Å². The zero-order valence-electron chi connectivity index (χ0n) is 17.7. The summed E-state index contributed by atoms with van der Waals surface area (Å²) in [6.07, 6.45) is 0. The number of hydrogen-bond acceptors (Lipinski definition) is 7. The first-order valence-corrected chi connectivity index (χ1v) is 13.0. The summed E-state index contributed by atoms with van der Waals surface area (Å²) < 4.78 is 66.7. The highest BCUT2D eigenvalue weighted by molar-refractivity contribution is 7.92. The van der Waals surface area contributed by atoms with Crippen LogP contribution in [-0.4, -0.2) is 54.0 Å². The van der Waals surface area contributed by atoms with Crippen molar-refractivity contribution in [1.29, 1.82) is 0 Å². The summed E-state index contributed by atoms with van der Waals surface area (Å²) in [6.45, 7) is 7.24. The second-order valence-corrected chi connectivity index (χ2v) is 10.4. The van der Waals surface area contributed by atoms with Crippen molar-refractivity contribution in [3.8, 4) is 11.5 Å². The number of benzene rings is 2. The van der Waals surface area contributed by atoms with Gasteiger partial charge in [-0.25, -0.2) is 16.8 Å². The molecule has 0 bridgehead atoms. The van der Waals surface area contributed by atoms with Gasteiger partial charge in [0.25, 0.3) is 10.0 Å². The first-order chi connectivity index (χ1) is 14.7. The summed E-state index contributed by atoms with van der Waals surface area (Å²) in [6, 6.07) is 8.70. The third kappa shape index (κ3) is 4.89. The van der Waals surface area contributed by atoms with Gasteiger partial charge in [-0.2, -0.15) is 4.31 Å². The van der Waals surface area contributed by atoms with Gasteiger partial charge < -0.3 is 14.8 Å². The largest absolute Gasteiger partial charge is 0.486 e. The van der Waals surface area contributed by atoms with Crippen LogP contribution in [0.4, 0.5) is 11.4 Å². The molecule has 0 atom stereocenters. The molecule has 9 nitrogen and oxygen atoms in total. The molecule has 1 aliphatic heterocycles. The molecule has 3 rings (SSSR count). The third-order valence-electron chi connectivity index (χ3n) is 4.77. The zero-order chi connectivity index (χ0) is 22.6. The minimum Gasteiger partial charge on any atom is -0.486 e. The highest BCUT2D eigenvalue weighted by atomic mass is 32.2. The molecule has 0 fully saturated rings. The fraction of sp³-hybridized carbons (Fsp3) is 0.400. The fourth-order valence-electron chi connectivity index (χ4n) is 3.22. The van der Waals surface area contributed by atoms with Crippen LogP contribution in [0.25, 0.3) is 0 Å². The van der Waals surface area contributed by atoms with Gasteiger partial charge in [0.2, 0.25) is 10.0 Å². The summed E-state index contributed by atoms with van der Waals surface area (Å²) >= 11 is 0. The van der Waals surface area contributed by atoms with E-state index in [9.17, 15) is 16.8 Å². The van der Waals surface area contributed by atoms with E-state index in [4.69, 9.17) is 9.47 Å². The highest BCUT2D eigenvalue weighted by Gasteiger charge is 2.25. The van der Waals surface area contributed by atoms with Crippen LogP contribution < -0.4 is 19.5 Å². The predicted octanol–water partition coefficient (Wildman–Crippen LogP) is 2.72. The van der Waals surface area contributed by atoms with Crippen LogP contribution in [0.15, 0.2) is 46.2 Å². The van der Waals surface area contributed by atoms with Crippen molar-refractivity contribution in [2.24, 2.45) is 0 Å². The number of nitrogens with one attached hydrogen (secondary N) is 2. The molecule has 2 aromatic carbocycles. The number of fused-ring (bicyclic) bond motifs is 1. The van der Waals surface area contributed by atoms with E-state index in [1.54, 1.807) is 19.9 Å². The number of rotatable bonds is 9. The Morgan fingerprint density at radius 1 is 0.839 bits per heavy atom. The van der Waals surface area contributed by atoms with E-state index in [0.29, 0.717) is 50.0 Å². The summed E-state index contributed by atoms with van der Waals surface area (Å²) in [5, 5.41) is 3.06. The van der Waals surface area contributed by atoms with Crippen molar-refractivity contribution in [3.05, 3.63) is 36.4 Å². The van der Waals surface area contributed by atoms with E-state index in [1.165, 1.54) is 34.6 Å². The van der Waals surface area contributed by atoms with Crippen LogP contribution >= 0.6 is 0 Å². The van der Waals surface area contributed by atoms with Gasteiger partial charge in [0.1, 0.15) is 13.2 Å². The molecule has 170 valence electrons. The van der Waals surface area contributed by atoms with Gasteiger partial charge in [-0.3, -0.25) is 4.72 Å². The summed E-state index contributed by atoms with van der Waals surface area (Å²) in [4.78, 5) is -0.00562. The Labute approximate surface area is 183 Å². The van der Waals surface area contributed by atoms with Crippen molar-refractivity contribution >= 4 is 31.4 Å². The van der Waals surface area contributed by atoms with Gasteiger partial charge in [0, 0.05) is 25.7 Å². The Kier molecular flexibility index (Phi) is 6.97. The summed E-state index contributed by atoms with van der Waals surface area (Å²) in [5.41, 5.74) is 0.618. The van der Waals surface area contributed by atoms with Crippen molar-refractivity contribution in [2.75, 3.05) is 42.9 Å². The van der Waals surface area contributed by atoms with Crippen LogP contribution in [0.5, 0.6) is 11.5 Å². The second-order valence-electron chi connectivity index (χ2n) is 6.74. The van der Waals surface area contributed by atoms with Gasteiger partial charge in [0.05, 0.1) is 21.2 Å². The van der Waals surface area contributed by atoms with E-state index in [2.05, 4.69) is 10.0 Å². The van der Waals surface area contributed by atoms with E-state index in [1.807, 2.05) is 6.92 Å². The monoisotopic (exact) mass is 469 g/mol. The molecule has 31 heavy (non-hydrogen) atoms. The normalized spacial score (nSPS) is 13.8. The fourth-order valence-corrected chi connectivity index (χ4v) is 5.79. The molecular formula is C20H27N3O6S2. The van der Waals surface area contributed by atoms with Gasteiger partial charge >= 0.3 is 0 Å². The Hall–Kier alpha value is -2.50. The van der Waals surface area contributed by atoms with E-state index >= 15 is 0 Å². The van der Waals surface area contributed by atoms with Crippen LogP contribution in [0, 0.1) is 0 Å². The Bertz CT molecular complexity index is 1150. The predicted molar refractivity (Wildman–Crippen MR) is 119 cm³/mol. The Balaban J connectivity index is 2.00. The van der Waals surface area contributed by atoms with Gasteiger partial charge in [-0.15, -0.1) is 0 Å². The van der Waals surface area contributed by atoms with Gasteiger partial charge in [-0.1, -0.05) is 13.8 Å². The molecule has 11 heteroatoms. The van der Waals surface area contributed by atoms with E-state index < -0.39 is 20.0 Å². The van der Waals surface area contributed by atoms with Crippen LogP contribution in [0.1, 0.15) is 20.8 Å². The topological polar surface area (TPSA) is 114 Å². The van der Waals surface area contributed by atoms with Crippen molar-refractivity contribution in [2.45, 2.75) is 30.6 Å². The highest BCUT2D eigenvalue weighted by Crippen LogP contribution is 2.34. The SMILES string of the molecule is CCNc1ccc(S(=O)(=O)N(CC)CC)cc1NS(=O)(=O)c1ccc2c(c1)OCCO2. The maximum atomic E-state index is 13.1. The van der Waals surface area contributed by atoms with Crippen LogP contribution in [0.2, 0.25) is 0 Å². The lowest BCUT2D eigenvalue weighted by atomic mass is 10.2. The molecule has 1 aliphatic rings. The lowest BCUT2D eigenvalue weighted by Crippen LogP contribution is -2.30. The number of hydrogen-bond donors (Lipinski definition) is 2. The van der Waals surface area contributed by atoms with E-state index in [-0.39, 0.29) is 15.5 Å². The molecule has 0 aliphatic carbocycles. The Morgan fingerprint density at radius 2 is 1.48 bits per heavy atom. The molecule has 2 aromatic rings. The second kappa shape index (κ2) is 9.33. The first kappa shape index (κ1) is 23.2.